The van der Waals surface area contributed by atoms with Gasteiger partial charge in [-0.1, -0.05) is 63.3 Å². The van der Waals surface area contributed by atoms with Crippen molar-refractivity contribution in [3.05, 3.63) is 71.1 Å². The van der Waals surface area contributed by atoms with Crippen LogP contribution in [-0.4, -0.2) is 10.8 Å². The van der Waals surface area contributed by atoms with Gasteiger partial charge in [0.2, 0.25) is 0 Å². The standard InChI is InChI=1S/C24H27NO/c1-5-19-21(20-10-8-7-9-17(20)4)15-22(23(26)6-2)25-24(19)18-13-11-16(3)12-14-18/h7-11,13-16H,5-6,12H2,1-4H3. The zero-order valence-corrected chi connectivity index (χ0v) is 16.2. The Morgan fingerprint density at radius 3 is 2.58 bits per heavy atom. The zero-order valence-electron chi connectivity index (χ0n) is 16.2. The minimum Gasteiger partial charge on any atom is -0.292 e. The maximum Gasteiger partial charge on any atom is 0.180 e. The lowest BCUT2D eigenvalue weighted by atomic mass is 9.88. The van der Waals surface area contributed by atoms with Crippen LogP contribution in [0.5, 0.6) is 0 Å². The molecule has 1 aromatic carbocycles. The van der Waals surface area contributed by atoms with Crippen molar-refractivity contribution in [1.82, 2.24) is 4.98 Å². The molecule has 1 aliphatic carbocycles. The van der Waals surface area contributed by atoms with Crippen molar-refractivity contribution in [2.45, 2.75) is 47.0 Å². The number of carbonyl (C=O) groups excluding carboxylic acids is 1. The molecule has 1 unspecified atom stereocenters. The fourth-order valence-corrected chi connectivity index (χ4v) is 3.51. The van der Waals surface area contributed by atoms with Crippen molar-refractivity contribution in [3.63, 3.8) is 0 Å². The average Bonchev–Trinajstić information content (AvgIpc) is 2.67. The van der Waals surface area contributed by atoms with E-state index in [1.807, 2.05) is 13.0 Å². The van der Waals surface area contributed by atoms with Crippen LogP contribution >= 0.6 is 0 Å². The number of aromatic nitrogens is 1. The molecular formula is C24H27NO. The number of nitrogens with zero attached hydrogens (tertiary/aromatic N) is 1. The second-order valence-electron chi connectivity index (χ2n) is 7.06. The van der Waals surface area contributed by atoms with Crippen LogP contribution in [0.25, 0.3) is 16.7 Å². The Bertz CT molecular complexity index is 889. The van der Waals surface area contributed by atoms with Gasteiger partial charge in [-0.05, 0) is 59.6 Å². The van der Waals surface area contributed by atoms with Gasteiger partial charge < -0.3 is 0 Å². The molecule has 0 fully saturated rings. The predicted octanol–water partition coefficient (Wildman–Crippen LogP) is 6.19. The summed E-state index contributed by atoms with van der Waals surface area (Å²) in [5.74, 6) is 0.651. The lowest BCUT2D eigenvalue weighted by molar-refractivity contribution is 0.0983. The Balaban J connectivity index is 2.27. The number of pyridine rings is 1. The van der Waals surface area contributed by atoms with E-state index in [-0.39, 0.29) is 5.78 Å². The van der Waals surface area contributed by atoms with Crippen molar-refractivity contribution in [2.75, 3.05) is 0 Å². The summed E-state index contributed by atoms with van der Waals surface area (Å²) >= 11 is 0. The second kappa shape index (κ2) is 7.82. The van der Waals surface area contributed by atoms with Crippen LogP contribution < -0.4 is 0 Å². The monoisotopic (exact) mass is 345 g/mol. The molecule has 0 amide bonds. The highest BCUT2D eigenvalue weighted by molar-refractivity contribution is 5.96. The van der Waals surface area contributed by atoms with Crippen LogP contribution in [0.1, 0.15) is 60.9 Å². The molecule has 1 aliphatic rings. The molecular weight excluding hydrogens is 318 g/mol. The number of hydrogen-bond acceptors (Lipinski definition) is 2. The topological polar surface area (TPSA) is 30.0 Å². The molecule has 1 heterocycles. The number of ketones is 1. The van der Waals surface area contributed by atoms with Crippen LogP contribution in [-0.2, 0) is 6.42 Å². The van der Waals surface area contributed by atoms with E-state index in [0.29, 0.717) is 18.0 Å². The Kier molecular flexibility index (Phi) is 5.51. The van der Waals surface area contributed by atoms with Gasteiger partial charge in [-0.2, -0.15) is 0 Å². The van der Waals surface area contributed by atoms with Gasteiger partial charge in [0.25, 0.3) is 0 Å². The number of carbonyl (C=O) groups is 1. The molecule has 0 radical (unpaired) electrons. The third kappa shape index (κ3) is 3.55. The normalized spacial score (nSPS) is 16.5. The summed E-state index contributed by atoms with van der Waals surface area (Å²) in [4.78, 5) is 17.3. The smallest absolute Gasteiger partial charge is 0.180 e. The van der Waals surface area contributed by atoms with E-state index in [9.17, 15) is 4.79 Å². The maximum absolute atomic E-state index is 12.5. The van der Waals surface area contributed by atoms with E-state index in [1.54, 1.807) is 0 Å². The summed E-state index contributed by atoms with van der Waals surface area (Å²) in [6, 6.07) is 10.4. The quantitative estimate of drug-likeness (QED) is 0.605. The third-order valence-electron chi connectivity index (χ3n) is 5.11. The summed E-state index contributed by atoms with van der Waals surface area (Å²) in [6.07, 6.45) is 9.02. The first-order valence-electron chi connectivity index (χ1n) is 9.57. The van der Waals surface area contributed by atoms with Crippen LogP contribution in [0.15, 0.2) is 48.6 Å². The number of rotatable bonds is 5. The number of allylic oxidation sites excluding steroid dienone is 4. The van der Waals surface area contributed by atoms with E-state index in [4.69, 9.17) is 4.98 Å². The summed E-state index contributed by atoms with van der Waals surface area (Å²) in [5.41, 5.74) is 7.44. The maximum atomic E-state index is 12.5. The second-order valence-corrected chi connectivity index (χ2v) is 7.06. The summed E-state index contributed by atoms with van der Waals surface area (Å²) in [7, 11) is 0. The van der Waals surface area contributed by atoms with Gasteiger partial charge in [-0.25, -0.2) is 4.98 Å². The van der Waals surface area contributed by atoms with Crippen molar-refractivity contribution in [2.24, 2.45) is 5.92 Å². The van der Waals surface area contributed by atoms with Crippen molar-refractivity contribution < 1.29 is 4.79 Å². The number of hydrogen-bond donors (Lipinski definition) is 0. The molecule has 1 aromatic heterocycles. The first kappa shape index (κ1) is 18.3. The molecule has 0 spiro atoms. The SMILES string of the molecule is CCC(=O)c1cc(-c2ccccc2C)c(CC)c(C2=CCC(C)C=C2)n1. The summed E-state index contributed by atoms with van der Waals surface area (Å²) in [6.45, 7) is 8.40. The van der Waals surface area contributed by atoms with E-state index in [1.165, 1.54) is 16.7 Å². The molecule has 2 nitrogen and oxygen atoms in total. The first-order valence-corrected chi connectivity index (χ1v) is 9.57. The molecule has 0 bridgehead atoms. The molecule has 0 saturated heterocycles. The van der Waals surface area contributed by atoms with Gasteiger partial charge >= 0.3 is 0 Å². The highest BCUT2D eigenvalue weighted by Crippen LogP contribution is 2.34. The Morgan fingerprint density at radius 1 is 1.19 bits per heavy atom. The fourth-order valence-electron chi connectivity index (χ4n) is 3.51. The molecule has 2 heteroatoms. The lowest BCUT2D eigenvalue weighted by Gasteiger charge is -2.19. The highest BCUT2D eigenvalue weighted by atomic mass is 16.1. The van der Waals surface area contributed by atoms with Gasteiger partial charge in [0.15, 0.2) is 5.78 Å². The Labute approximate surface area is 156 Å². The van der Waals surface area contributed by atoms with E-state index < -0.39 is 0 Å². The fraction of sp³-hybridized carbons (Fsp3) is 0.333. The lowest BCUT2D eigenvalue weighted by Crippen LogP contribution is -2.09. The minimum atomic E-state index is 0.0949. The number of Topliss-reactive ketones (excluding diaryl/α,β-unsaturated/α-hetero) is 1. The van der Waals surface area contributed by atoms with Gasteiger partial charge in [0.1, 0.15) is 5.69 Å². The Hall–Kier alpha value is -2.48. The average molecular weight is 345 g/mol. The molecule has 0 N–H and O–H groups in total. The van der Waals surface area contributed by atoms with Gasteiger partial charge in [-0.3, -0.25) is 4.79 Å². The predicted molar refractivity (Wildman–Crippen MR) is 109 cm³/mol. The van der Waals surface area contributed by atoms with E-state index in [2.05, 4.69) is 63.3 Å². The molecule has 0 aliphatic heterocycles. The van der Waals surface area contributed by atoms with Crippen LogP contribution in [0.3, 0.4) is 0 Å². The largest absolute Gasteiger partial charge is 0.292 e. The van der Waals surface area contributed by atoms with Crippen LogP contribution in [0.2, 0.25) is 0 Å². The number of benzene rings is 1. The van der Waals surface area contributed by atoms with Gasteiger partial charge in [0, 0.05) is 6.42 Å². The molecule has 134 valence electrons. The van der Waals surface area contributed by atoms with Gasteiger partial charge in [0.05, 0.1) is 5.69 Å². The van der Waals surface area contributed by atoms with Crippen molar-refractivity contribution in [1.29, 1.82) is 0 Å². The molecule has 3 rings (SSSR count). The van der Waals surface area contributed by atoms with Gasteiger partial charge in [-0.15, -0.1) is 0 Å². The summed E-state index contributed by atoms with van der Waals surface area (Å²) < 4.78 is 0. The minimum absolute atomic E-state index is 0.0949. The first-order chi connectivity index (χ1) is 12.5. The highest BCUT2D eigenvalue weighted by Gasteiger charge is 2.19. The van der Waals surface area contributed by atoms with Crippen LogP contribution in [0.4, 0.5) is 0 Å². The van der Waals surface area contributed by atoms with E-state index >= 15 is 0 Å². The molecule has 2 aromatic rings. The Morgan fingerprint density at radius 2 is 1.96 bits per heavy atom. The zero-order chi connectivity index (χ0) is 18.7. The third-order valence-corrected chi connectivity index (χ3v) is 5.11. The summed E-state index contributed by atoms with van der Waals surface area (Å²) in [5, 5.41) is 0. The van der Waals surface area contributed by atoms with Crippen LogP contribution in [0, 0.1) is 12.8 Å². The molecule has 1 atom stereocenters. The van der Waals surface area contributed by atoms with E-state index in [0.717, 1.165) is 29.7 Å². The molecule has 0 saturated carbocycles. The van der Waals surface area contributed by atoms with Crippen molar-refractivity contribution >= 4 is 11.4 Å². The molecule has 26 heavy (non-hydrogen) atoms. The van der Waals surface area contributed by atoms with Crippen molar-refractivity contribution in [3.8, 4) is 11.1 Å². The number of aryl methyl sites for hydroxylation is 1.